The van der Waals surface area contributed by atoms with Crippen LogP contribution in [0.5, 0.6) is 0 Å². The highest BCUT2D eigenvalue weighted by Gasteiger charge is 2.44. The molecular weight excluding hydrogens is 322 g/mol. The fourth-order valence-corrected chi connectivity index (χ4v) is 3.39. The van der Waals surface area contributed by atoms with Gasteiger partial charge in [-0.2, -0.15) is 0 Å². The Kier molecular flexibility index (Phi) is 5.03. The molecule has 3 rings (SSSR count). The molecule has 2 heterocycles. The second kappa shape index (κ2) is 7.23. The number of aryl methyl sites for hydroxylation is 1. The van der Waals surface area contributed by atoms with Crippen molar-refractivity contribution in [3.05, 3.63) is 35.4 Å². The Hall–Kier alpha value is -2.41. The smallest absolute Gasteiger partial charge is 0.249 e. The Morgan fingerprint density at radius 1 is 1.32 bits per heavy atom. The first-order valence-corrected chi connectivity index (χ1v) is 8.43. The highest BCUT2D eigenvalue weighted by molar-refractivity contribution is 5.84. The molecule has 0 spiro atoms. The predicted molar refractivity (Wildman–Crippen MR) is 90.5 cm³/mol. The van der Waals surface area contributed by atoms with Gasteiger partial charge in [0.25, 0.3) is 0 Å². The van der Waals surface area contributed by atoms with E-state index in [2.05, 4.69) is 11.4 Å². The summed E-state index contributed by atoms with van der Waals surface area (Å²) in [6.45, 7) is 4.80. The fourth-order valence-electron chi connectivity index (χ4n) is 3.39. The Labute approximate surface area is 146 Å². The molecule has 0 radical (unpaired) electrons. The lowest BCUT2D eigenvalue weighted by atomic mass is 10.1. The Morgan fingerprint density at radius 3 is 2.84 bits per heavy atom. The van der Waals surface area contributed by atoms with Crippen LogP contribution in [0.2, 0.25) is 0 Å². The summed E-state index contributed by atoms with van der Waals surface area (Å²) in [4.78, 5) is 39.0. The number of ether oxygens (including phenoxy) is 1. The topological polar surface area (TPSA) is 79.0 Å². The van der Waals surface area contributed by atoms with Crippen LogP contribution in [-0.4, -0.2) is 65.9 Å². The second-order valence-corrected chi connectivity index (χ2v) is 6.64. The van der Waals surface area contributed by atoms with Gasteiger partial charge in [-0.3, -0.25) is 14.4 Å². The van der Waals surface area contributed by atoms with Crippen molar-refractivity contribution in [3.63, 3.8) is 0 Å². The summed E-state index contributed by atoms with van der Waals surface area (Å²) < 4.78 is 5.64. The Morgan fingerprint density at radius 2 is 2.12 bits per heavy atom. The standard InChI is InChI=1S/C18H23N3O4/c1-12-4-3-5-14(6-12)8-21-15-9-20(17(23)7-19-13(2)22)10-16(15)25-11-18(21)24/h3-6,15-16H,7-11H2,1-2H3,(H,19,22)/t15-,16-/m1/s1. The van der Waals surface area contributed by atoms with Crippen molar-refractivity contribution < 1.29 is 19.1 Å². The number of hydrogen-bond donors (Lipinski definition) is 1. The van der Waals surface area contributed by atoms with E-state index in [-0.39, 0.29) is 43.0 Å². The van der Waals surface area contributed by atoms with Gasteiger partial charge in [-0.15, -0.1) is 0 Å². The van der Waals surface area contributed by atoms with E-state index >= 15 is 0 Å². The SMILES string of the molecule is CC(=O)NCC(=O)N1C[C@@H]2[C@@H](C1)OCC(=O)N2Cc1cccc(C)c1. The van der Waals surface area contributed by atoms with Crippen molar-refractivity contribution in [1.82, 2.24) is 15.1 Å². The zero-order chi connectivity index (χ0) is 18.0. The third kappa shape index (κ3) is 3.99. The van der Waals surface area contributed by atoms with Gasteiger partial charge < -0.3 is 19.9 Å². The van der Waals surface area contributed by atoms with Gasteiger partial charge in [0.2, 0.25) is 17.7 Å². The third-order valence-electron chi connectivity index (χ3n) is 4.66. The molecule has 3 amide bonds. The maximum Gasteiger partial charge on any atom is 0.249 e. The van der Waals surface area contributed by atoms with Crippen LogP contribution in [0.4, 0.5) is 0 Å². The first-order valence-electron chi connectivity index (χ1n) is 8.43. The Balaban J connectivity index is 1.69. The predicted octanol–water partition coefficient (Wildman–Crippen LogP) is 0.0693. The Bertz CT molecular complexity index is 691. The lowest BCUT2D eigenvalue weighted by Gasteiger charge is -2.36. The quantitative estimate of drug-likeness (QED) is 0.838. The summed E-state index contributed by atoms with van der Waals surface area (Å²) in [5.41, 5.74) is 2.21. The van der Waals surface area contributed by atoms with Gasteiger partial charge in [0.15, 0.2) is 0 Å². The van der Waals surface area contributed by atoms with E-state index in [1.165, 1.54) is 6.92 Å². The van der Waals surface area contributed by atoms with Crippen molar-refractivity contribution in [2.75, 3.05) is 26.2 Å². The molecule has 0 unspecified atom stereocenters. The number of hydrogen-bond acceptors (Lipinski definition) is 4. The van der Waals surface area contributed by atoms with Crippen LogP contribution in [0, 0.1) is 6.92 Å². The molecule has 0 aliphatic carbocycles. The van der Waals surface area contributed by atoms with Crippen LogP contribution in [0.25, 0.3) is 0 Å². The number of carbonyl (C=O) groups is 3. The zero-order valence-corrected chi connectivity index (χ0v) is 14.5. The molecule has 2 aliphatic rings. The highest BCUT2D eigenvalue weighted by atomic mass is 16.5. The van der Waals surface area contributed by atoms with Crippen molar-refractivity contribution in [2.24, 2.45) is 0 Å². The normalized spacial score (nSPS) is 22.7. The average Bonchev–Trinajstić information content (AvgIpc) is 3.00. The van der Waals surface area contributed by atoms with E-state index in [4.69, 9.17) is 4.74 Å². The molecular formula is C18H23N3O4. The number of carbonyl (C=O) groups excluding carboxylic acids is 3. The number of nitrogens with one attached hydrogen (secondary N) is 1. The highest BCUT2D eigenvalue weighted by Crippen LogP contribution is 2.25. The van der Waals surface area contributed by atoms with E-state index in [1.807, 2.05) is 30.0 Å². The summed E-state index contributed by atoms with van der Waals surface area (Å²) in [6, 6.07) is 7.91. The number of amides is 3. The van der Waals surface area contributed by atoms with Crippen LogP contribution < -0.4 is 5.32 Å². The average molecular weight is 345 g/mol. The summed E-state index contributed by atoms with van der Waals surface area (Å²) in [5, 5.41) is 2.52. The molecule has 2 fully saturated rings. The van der Waals surface area contributed by atoms with Gasteiger partial charge in [0.1, 0.15) is 6.61 Å². The molecule has 2 aliphatic heterocycles. The van der Waals surface area contributed by atoms with Crippen molar-refractivity contribution >= 4 is 17.7 Å². The van der Waals surface area contributed by atoms with Crippen molar-refractivity contribution in [1.29, 1.82) is 0 Å². The zero-order valence-electron chi connectivity index (χ0n) is 14.5. The molecule has 134 valence electrons. The largest absolute Gasteiger partial charge is 0.364 e. The molecule has 1 N–H and O–H groups in total. The van der Waals surface area contributed by atoms with Crippen LogP contribution in [0.15, 0.2) is 24.3 Å². The van der Waals surface area contributed by atoms with E-state index < -0.39 is 0 Å². The molecule has 0 bridgehead atoms. The third-order valence-corrected chi connectivity index (χ3v) is 4.66. The number of likely N-dealkylation sites (tertiary alicyclic amines) is 1. The number of morpholine rings is 1. The second-order valence-electron chi connectivity index (χ2n) is 6.64. The van der Waals surface area contributed by atoms with Gasteiger partial charge in [-0.25, -0.2) is 0 Å². The number of rotatable bonds is 4. The lowest BCUT2D eigenvalue weighted by Crippen LogP contribution is -2.53. The maximum absolute atomic E-state index is 12.4. The van der Waals surface area contributed by atoms with E-state index in [9.17, 15) is 14.4 Å². The summed E-state index contributed by atoms with van der Waals surface area (Å²) in [6.07, 6.45) is -0.177. The summed E-state index contributed by atoms with van der Waals surface area (Å²) >= 11 is 0. The van der Waals surface area contributed by atoms with Crippen molar-refractivity contribution in [2.45, 2.75) is 32.5 Å². The minimum atomic E-state index is -0.238. The summed E-state index contributed by atoms with van der Waals surface area (Å²) in [5.74, 6) is -0.451. The van der Waals surface area contributed by atoms with Crippen LogP contribution in [0.3, 0.4) is 0 Å². The molecule has 7 nitrogen and oxygen atoms in total. The molecule has 0 aromatic heterocycles. The molecule has 0 saturated carbocycles. The van der Waals surface area contributed by atoms with Gasteiger partial charge >= 0.3 is 0 Å². The van der Waals surface area contributed by atoms with E-state index in [1.54, 1.807) is 4.90 Å². The van der Waals surface area contributed by atoms with E-state index in [0.717, 1.165) is 11.1 Å². The molecule has 2 atom stereocenters. The van der Waals surface area contributed by atoms with Crippen LogP contribution >= 0.6 is 0 Å². The molecule has 2 saturated heterocycles. The van der Waals surface area contributed by atoms with Gasteiger partial charge in [0, 0.05) is 26.6 Å². The van der Waals surface area contributed by atoms with Crippen molar-refractivity contribution in [3.8, 4) is 0 Å². The van der Waals surface area contributed by atoms with Gasteiger partial charge in [-0.1, -0.05) is 29.8 Å². The van der Waals surface area contributed by atoms with Gasteiger partial charge in [0.05, 0.1) is 18.7 Å². The first kappa shape index (κ1) is 17.4. The van der Waals surface area contributed by atoms with Crippen LogP contribution in [0.1, 0.15) is 18.1 Å². The maximum atomic E-state index is 12.4. The molecule has 25 heavy (non-hydrogen) atoms. The fraction of sp³-hybridized carbons (Fsp3) is 0.500. The minimum absolute atomic E-state index is 0.0272. The molecule has 1 aromatic carbocycles. The van der Waals surface area contributed by atoms with E-state index in [0.29, 0.717) is 19.6 Å². The monoisotopic (exact) mass is 345 g/mol. The number of benzene rings is 1. The van der Waals surface area contributed by atoms with Gasteiger partial charge in [-0.05, 0) is 12.5 Å². The first-order chi connectivity index (χ1) is 11.9. The summed E-state index contributed by atoms with van der Waals surface area (Å²) in [7, 11) is 0. The number of nitrogens with zero attached hydrogens (tertiary/aromatic N) is 2. The van der Waals surface area contributed by atoms with Crippen LogP contribution in [-0.2, 0) is 25.7 Å². The lowest BCUT2D eigenvalue weighted by molar-refractivity contribution is -0.153. The molecule has 7 heteroatoms. The molecule has 1 aromatic rings. The minimum Gasteiger partial charge on any atom is -0.364 e. The number of fused-ring (bicyclic) bond motifs is 1.